The quantitative estimate of drug-likeness (QED) is 0.836. The Morgan fingerprint density at radius 3 is 2.61 bits per heavy atom. The van der Waals surface area contributed by atoms with Crippen LogP contribution in [0, 0.1) is 5.92 Å². The van der Waals surface area contributed by atoms with Crippen LogP contribution in [0.1, 0.15) is 19.3 Å². The molecule has 1 aliphatic carbocycles. The van der Waals surface area contributed by atoms with Gasteiger partial charge in [-0.25, -0.2) is 17.9 Å². The average molecular weight is 338 g/mol. The number of aromatic nitrogens is 2. The van der Waals surface area contributed by atoms with Gasteiger partial charge in [0.2, 0.25) is 10.0 Å². The molecule has 0 amide bonds. The third-order valence-corrected chi connectivity index (χ3v) is 6.31. The van der Waals surface area contributed by atoms with E-state index in [4.69, 9.17) is 5.73 Å². The Kier molecular flexibility index (Phi) is 4.07. The first-order valence-corrected chi connectivity index (χ1v) is 9.21. The van der Waals surface area contributed by atoms with Gasteiger partial charge in [-0.15, -0.1) is 0 Å². The van der Waals surface area contributed by atoms with Crippen molar-refractivity contribution < 1.29 is 8.42 Å². The second-order valence-electron chi connectivity index (χ2n) is 6.21. The molecule has 7 nitrogen and oxygen atoms in total. The number of rotatable bonds is 4. The second-order valence-corrected chi connectivity index (χ2v) is 7.92. The van der Waals surface area contributed by atoms with Crippen molar-refractivity contribution in [2.45, 2.75) is 30.2 Å². The van der Waals surface area contributed by atoms with Crippen LogP contribution in [0.15, 0.2) is 27.9 Å². The summed E-state index contributed by atoms with van der Waals surface area (Å²) in [6, 6.07) is 4.64. The number of nitrogens with two attached hydrogens (primary N) is 1. The molecule has 1 aliphatic rings. The number of benzene rings is 1. The highest BCUT2D eigenvalue weighted by Gasteiger charge is 2.30. The Morgan fingerprint density at radius 1 is 1.22 bits per heavy atom. The van der Waals surface area contributed by atoms with Crippen LogP contribution in [-0.2, 0) is 24.1 Å². The number of aryl methyl sites for hydroxylation is 2. The summed E-state index contributed by atoms with van der Waals surface area (Å²) >= 11 is 0. The van der Waals surface area contributed by atoms with Crippen LogP contribution in [0.25, 0.3) is 11.0 Å². The van der Waals surface area contributed by atoms with Gasteiger partial charge in [0.15, 0.2) is 0 Å². The summed E-state index contributed by atoms with van der Waals surface area (Å²) in [5.74, 6) is 0.189. The summed E-state index contributed by atoms with van der Waals surface area (Å²) in [5, 5.41) is 0. The van der Waals surface area contributed by atoms with Crippen molar-refractivity contribution in [2.75, 3.05) is 6.54 Å². The van der Waals surface area contributed by atoms with Crippen molar-refractivity contribution in [1.29, 1.82) is 0 Å². The maximum absolute atomic E-state index is 12.7. The highest BCUT2D eigenvalue weighted by molar-refractivity contribution is 7.89. The Bertz CT molecular complexity index is 897. The van der Waals surface area contributed by atoms with Crippen LogP contribution in [0.3, 0.4) is 0 Å². The summed E-state index contributed by atoms with van der Waals surface area (Å²) < 4.78 is 31.0. The lowest BCUT2D eigenvalue weighted by molar-refractivity contribution is 0.453. The molecule has 3 N–H and O–H groups in total. The summed E-state index contributed by atoms with van der Waals surface area (Å²) in [6.45, 7) is 0.486. The molecule has 1 aromatic carbocycles. The van der Waals surface area contributed by atoms with Gasteiger partial charge in [0.05, 0.1) is 15.9 Å². The van der Waals surface area contributed by atoms with Crippen LogP contribution in [0.2, 0.25) is 0 Å². The van der Waals surface area contributed by atoms with Crippen LogP contribution in [0.4, 0.5) is 0 Å². The van der Waals surface area contributed by atoms with Crippen LogP contribution >= 0.6 is 0 Å². The van der Waals surface area contributed by atoms with E-state index >= 15 is 0 Å². The fourth-order valence-corrected chi connectivity index (χ4v) is 4.75. The molecule has 2 unspecified atom stereocenters. The first-order valence-electron chi connectivity index (χ1n) is 7.73. The van der Waals surface area contributed by atoms with E-state index in [0.29, 0.717) is 17.6 Å². The molecule has 2 aromatic rings. The van der Waals surface area contributed by atoms with E-state index in [1.165, 1.54) is 15.2 Å². The molecule has 1 aromatic heterocycles. The zero-order valence-electron chi connectivity index (χ0n) is 13.3. The normalized spacial score (nSPS) is 22.0. The van der Waals surface area contributed by atoms with Gasteiger partial charge in [0.25, 0.3) is 0 Å². The minimum atomic E-state index is -3.63. The van der Waals surface area contributed by atoms with Gasteiger partial charge >= 0.3 is 5.69 Å². The largest absolute Gasteiger partial charge is 0.330 e. The molecule has 2 atom stereocenters. The molecule has 1 saturated carbocycles. The zero-order chi connectivity index (χ0) is 16.8. The topological polar surface area (TPSA) is 99.1 Å². The minimum absolute atomic E-state index is 0.111. The predicted molar refractivity (Wildman–Crippen MR) is 88.7 cm³/mol. The third-order valence-electron chi connectivity index (χ3n) is 4.82. The summed E-state index contributed by atoms with van der Waals surface area (Å²) in [7, 11) is -0.326. The SMILES string of the molecule is Cn1c(=O)n(C)c2cc(S(=O)(=O)NC3CCCC3CN)ccc21. The van der Waals surface area contributed by atoms with Crippen molar-refractivity contribution in [3.05, 3.63) is 28.7 Å². The van der Waals surface area contributed by atoms with Crippen LogP contribution in [0.5, 0.6) is 0 Å². The summed E-state index contributed by atoms with van der Waals surface area (Å²) in [6.07, 6.45) is 2.75. The van der Waals surface area contributed by atoms with E-state index in [9.17, 15) is 13.2 Å². The molecule has 0 bridgehead atoms. The molecule has 126 valence electrons. The standard InChI is InChI=1S/C15H22N4O3S/c1-18-13-7-6-11(8-14(13)19(2)15(18)20)23(21,22)17-12-5-3-4-10(12)9-16/h6-8,10,12,17H,3-5,9,16H2,1-2H3. The van der Waals surface area contributed by atoms with E-state index in [-0.39, 0.29) is 22.5 Å². The molecular weight excluding hydrogens is 316 g/mol. The van der Waals surface area contributed by atoms with Crippen molar-refractivity contribution in [2.24, 2.45) is 25.7 Å². The highest BCUT2D eigenvalue weighted by atomic mass is 32.2. The Labute approximate surface area is 135 Å². The van der Waals surface area contributed by atoms with Crippen molar-refractivity contribution in [3.8, 4) is 0 Å². The molecular formula is C15H22N4O3S. The first kappa shape index (κ1) is 16.2. The van der Waals surface area contributed by atoms with Gasteiger partial charge in [-0.2, -0.15) is 0 Å². The third kappa shape index (κ3) is 2.71. The number of nitrogens with zero attached hydrogens (tertiary/aromatic N) is 2. The Hall–Kier alpha value is -1.64. The first-order chi connectivity index (χ1) is 10.8. The van der Waals surface area contributed by atoms with E-state index in [0.717, 1.165) is 19.3 Å². The van der Waals surface area contributed by atoms with Crippen LogP contribution in [-0.4, -0.2) is 30.1 Å². The number of hydrogen-bond donors (Lipinski definition) is 2. The van der Waals surface area contributed by atoms with Crippen molar-refractivity contribution >= 4 is 21.1 Å². The maximum atomic E-state index is 12.7. The van der Waals surface area contributed by atoms with Gasteiger partial charge in [-0.05, 0) is 43.5 Å². The van der Waals surface area contributed by atoms with E-state index in [2.05, 4.69) is 4.72 Å². The van der Waals surface area contributed by atoms with E-state index in [1.54, 1.807) is 26.2 Å². The number of fused-ring (bicyclic) bond motifs is 1. The fourth-order valence-electron chi connectivity index (χ4n) is 3.40. The molecule has 23 heavy (non-hydrogen) atoms. The molecule has 0 radical (unpaired) electrons. The molecule has 3 rings (SSSR count). The summed E-state index contributed by atoms with van der Waals surface area (Å²) in [4.78, 5) is 12.1. The zero-order valence-corrected chi connectivity index (χ0v) is 14.1. The van der Waals surface area contributed by atoms with Crippen LogP contribution < -0.4 is 16.1 Å². The number of sulfonamides is 1. The maximum Gasteiger partial charge on any atom is 0.328 e. The highest BCUT2D eigenvalue weighted by Crippen LogP contribution is 2.26. The molecule has 0 aliphatic heterocycles. The van der Waals surface area contributed by atoms with E-state index in [1.807, 2.05) is 0 Å². The predicted octanol–water partition coefficient (Wildman–Crippen LogP) is 0.283. The Morgan fingerprint density at radius 2 is 1.91 bits per heavy atom. The number of imidazole rings is 1. The molecule has 1 fully saturated rings. The molecule has 0 saturated heterocycles. The lowest BCUT2D eigenvalue weighted by Gasteiger charge is -2.19. The van der Waals surface area contributed by atoms with Gasteiger partial charge < -0.3 is 5.73 Å². The van der Waals surface area contributed by atoms with Gasteiger partial charge in [0, 0.05) is 20.1 Å². The summed E-state index contributed by atoms with van der Waals surface area (Å²) in [5.41, 5.74) is 6.85. The minimum Gasteiger partial charge on any atom is -0.330 e. The lowest BCUT2D eigenvalue weighted by atomic mass is 10.1. The number of nitrogens with one attached hydrogen (secondary N) is 1. The fraction of sp³-hybridized carbons (Fsp3) is 0.533. The second kappa shape index (κ2) is 5.77. The smallest absolute Gasteiger partial charge is 0.328 e. The van der Waals surface area contributed by atoms with Crippen molar-refractivity contribution in [1.82, 2.24) is 13.9 Å². The molecule has 8 heteroatoms. The molecule has 0 spiro atoms. The molecule has 1 heterocycles. The van der Waals surface area contributed by atoms with Gasteiger partial charge in [0.1, 0.15) is 0 Å². The monoisotopic (exact) mass is 338 g/mol. The number of hydrogen-bond acceptors (Lipinski definition) is 4. The van der Waals surface area contributed by atoms with E-state index < -0.39 is 10.0 Å². The van der Waals surface area contributed by atoms with Crippen molar-refractivity contribution in [3.63, 3.8) is 0 Å². The van der Waals surface area contributed by atoms with Gasteiger partial charge in [-0.3, -0.25) is 9.13 Å². The average Bonchev–Trinajstić information content (AvgIpc) is 3.05. The van der Waals surface area contributed by atoms with Gasteiger partial charge in [-0.1, -0.05) is 6.42 Å². The Balaban J connectivity index is 1.98. The lowest BCUT2D eigenvalue weighted by Crippen LogP contribution is -2.39.